The van der Waals surface area contributed by atoms with E-state index in [1.165, 1.54) is 0 Å². The predicted molar refractivity (Wildman–Crippen MR) is 60.1 cm³/mol. The fourth-order valence-electron chi connectivity index (χ4n) is 0.409. The molecule has 0 aliphatic carbocycles. The van der Waals surface area contributed by atoms with Crippen molar-refractivity contribution in [2.45, 2.75) is 48.5 Å². The summed E-state index contributed by atoms with van der Waals surface area (Å²) in [4.78, 5) is 0. The molecule has 0 aromatic carbocycles. The number of nitrogens with one attached hydrogen (secondary N) is 1. The number of allylic oxidation sites excluding steroid dienone is 3. The van der Waals surface area contributed by atoms with Crippen LogP contribution < -0.4 is 5.32 Å². The molecule has 0 heterocycles. The van der Waals surface area contributed by atoms with Gasteiger partial charge in [0.1, 0.15) is 0 Å². The lowest BCUT2D eigenvalue weighted by Crippen LogP contribution is -2.05. The van der Waals surface area contributed by atoms with Crippen molar-refractivity contribution in [1.82, 2.24) is 5.32 Å². The van der Waals surface area contributed by atoms with E-state index in [1.54, 1.807) is 0 Å². The van der Waals surface area contributed by atoms with Crippen LogP contribution in [0.3, 0.4) is 0 Å². The van der Waals surface area contributed by atoms with Gasteiger partial charge in [-0.05, 0) is 20.8 Å². The Kier molecular flexibility index (Phi) is 24.2. The summed E-state index contributed by atoms with van der Waals surface area (Å²) in [6, 6.07) is 0. The standard InChI is InChI=1S/C7H13N.2C2H6/c1-5-7(4)8-6(2)3;2*1-2/h5,8H,2H2,1,3-4H3;2*1-2H3/b7-5-;;. The molecule has 1 N–H and O–H groups in total. The minimum absolute atomic E-state index is 0.987. The van der Waals surface area contributed by atoms with Crippen molar-refractivity contribution in [2.24, 2.45) is 0 Å². The smallest absolute Gasteiger partial charge is 0.00735 e. The largest absolute Gasteiger partial charge is 0.364 e. The highest BCUT2D eigenvalue weighted by molar-refractivity contribution is 5.02. The number of hydrogen-bond acceptors (Lipinski definition) is 1. The van der Waals surface area contributed by atoms with Gasteiger partial charge in [-0.15, -0.1) is 0 Å². The van der Waals surface area contributed by atoms with Gasteiger partial charge in [0.2, 0.25) is 0 Å². The first kappa shape index (κ1) is 17.4. The molecule has 1 nitrogen and oxygen atoms in total. The lowest BCUT2D eigenvalue weighted by atomic mass is 10.4. The average Bonchev–Trinajstić information content (AvgIpc) is 2.10. The third-order valence-corrected chi connectivity index (χ3v) is 0.844. The van der Waals surface area contributed by atoms with E-state index in [0.717, 1.165) is 11.4 Å². The first-order chi connectivity index (χ1) is 5.66. The monoisotopic (exact) mass is 171 g/mol. The zero-order valence-electron chi connectivity index (χ0n) is 9.78. The maximum atomic E-state index is 3.69. The van der Waals surface area contributed by atoms with Crippen molar-refractivity contribution >= 4 is 0 Å². The van der Waals surface area contributed by atoms with Gasteiger partial charge in [0, 0.05) is 11.4 Å². The van der Waals surface area contributed by atoms with Gasteiger partial charge in [0.15, 0.2) is 0 Å². The summed E-state index contributed by atoms with van der Waals surface area (Å²) >= 11 is 0. The van der Waals surface area contributed by atoms with E-state index < -0.39 is 0 Å². The average molecular weight is 171 g/mol. The molecular weight excluding hydrogens is 146 g/mol. The molecule has 74 valence electrons. The van der Waals surface area contributed by atoms with E-state index in [4.69, 9.17) is 0 Å². The summed E-state index contributed by atoms with van der Waals surface area (Å²) in [5.74, 6) is 0. The van der Waals surface area contributed by atoms with Gasteiger partial charge in [0.05, 0.1) is 0 Å². The zero-order chi connectivity index (χ0) is 10.6. The Balaban J connectivity index is -0.000000175. The minimum Gasteiger partial charge on any atom is -0.364 e. The first-order valence-corrected chi connectivity index (χ1v) is 4.72. The zero-order valence-corrected chi connectivity index (χ0v) is 9.78. The summed E-state index contributed by atoms with van der Waals surface area (Å²) in [5.41, 5.74) is 2.14. The van der Waals surface area contributed by atoms with Crippen LogP contribution in [0.4, 0.5) is 0 Å². The van der Waals surface area contributed by atoms with Crippen LogP contribution in [0.1, 0.15) is 48.5 Å². The molecule has 0 saturated heterocycles. The quantitative estimate of drug-likeness (QED) is 0.660. The van der Waals surface area contributed by atoms with Gasteiger partial charge in [-0.25, -0.2) is 0 Å². The van der Waals surface area contributed by atoms with Crippen LogP contribution in [0.5, 0.6) is 0 Å². The highest BCUT2D eigenvalue weighted by Gasteiger charge is 1.81. The lowest BCUT2D eigenvalue weighted by Gasteiger charge is -2.01. The van der Waals surface area contributed by atoms with Gasteiger partial charge in [-0.3, -0.25) is 0 Å². The summed E-state index contributed by atoms with van der Waals surface area (Å²) in [6.07, 6.45) is 2.01. The number of hydrogen-bond donors (Lipinski definition) is 1. The second-order valence-corrected chi connectivity index (χ2v) is 1.88. The summed E-state index contributed by atoms with van der Waals surface area (Å²) in [7, 11) is 0. The molecule has 0 bridgehead atoms. The molecule has 0 saturated carbocycles. The molecular formula is C11H25N. The van der Waals surface area contributed by atoms with E-state index in [-0.39, 0.29) is 0 Å². The third-order valence-electron chi connectivity index (χ3n) is 0.844. The summed E-state index contributed by atoms with van der Waals surface area (Å²) in [6.45, 7) is 17.6. The molecule has 0 aromatic heterocycles. The van der Waals surface area contributed by atoms with Crippen molar-refractivity contribution < 1.29 is 0 Å². The van der Waals surface area contributed by atoms with Gasteiger partial charge >= 0.3 is 0 Å². The molecule has 0 amide bonds. The Morgan fingerprint density at radius 3 is 1.50 bits per heavy atom. The van der Waals surface area contributed by atoms with Crippen LogP contribution >= 0.6 is 0 Å². The fourth-order valence-corrected chi connectivity index (χ4v) is 0.409. The highest BCUT2D eigenvalue weighted by atomic mass is 14.9. The molecule has 0 aromatic rings. The Hall–Kier alpha value is -0.720. The Labute approximate surface area is 78.6 Å². The Morgan fingerprint density at radius 1 is 1.08 bits per heavy atom. The van der Waals surface area contributed by atoms with Crippen molar-refractivity contribution in [3.05, 3.63) is 24.0 Å². The predicted octanol–water partition coefficient (Wildman–Crippen LogP) is 4.09. The summed E-state index contributed by atoms with van der Waals surface area (Å²) in [5, 5.41) is 3.06. The number of rotatable bonds is 2. The molecule has 0 aliphatic rings. The van der Waals surface area contributed by atoms with Crippen LogP contribution in [0, 0.1) is 0 Å². The van der Waals surface area contributed by atoms with Crippen LogP contribution in [-0.2, 0) is 0 Å². The highest BCUT2D eigenvalue weighted by Crippen LogP contribution is 1.88. The van der Waals surface area contributed by atoms with Crippen LogP contribution in [-0.4, -0.2) is 0 Å². The van der Waals surface area contributed by atoms with Gasteiger partial charge < -0.3 is 5.32 Å². The minimum atomic E-state index is 0.987. The van der Waals surface area contributed by atoms with Gasteiger partial charge in [0.25, 0.3) is 0 Å². The van der Waals surface area contributed by atoms with E-state index in [2.05, 4.69) is 11.9 Å². The van der Waals surface area contributed by atoms with Crippen LogP contribution in [0.25, 0.3) is 0 Å². The molecule has 0 aliphatic heterocycles. The van der Waals surface area contributed by atoms with Crippen molar-refractivity contribution in [2.75, 3.05) is 0 Å². The second kappa shape index (κ2) is 16.7. The van der Waals surface area contributed by atoms with Crippen molar-refractivity contribution in [3.8, 4) is 0 Å². The molecule has 0 radical (unpaired) electrons. The fraction of sp³-hybridized carbons (Fsp3) is 0.636. The maximum absolute atomic E-state index is 3.69. The summed E-state index contributed by atoms with van der Waals surface area (Å²) < 4.78 is 0. The topological polar surface area (TPSA) is 12.0 Å². The normalized spacial score (nSPS) is 8.42. The van der Waals surface area contributed by atoms with Crippen LogP contribution in [0.2, 0.25) is 0 Å². The van der Waals surface area contributed by atoms with E-state index in [9.17, 15) is 0 Å². The van der Waals surface area contributed by atoms with E-state index in [1.807, 2.05) is 54.5 Å². The maximum Gasteiger partial charge on any atom is 0.00735 e. The molecule has 0 rings (SSSR count). The second-order valence-electron chi connectivity index (χ2n) is 1.88. The van der Waals surface area contributed by atoms with Gasteiger partial charge in [-0.1, -0.05) is 40.3 Å². The van der Waals surface area contributed by atoms with Crippen molar-refractivity contribution in [3.63, 3.8) is 0 Å². The van der Waals surface area contributed by atoms with Crippen LogP contribution in [0.15, 0.2) is 24.0 Å². The molecule has 0 atom stereocenters. The van der Waals surface area contributed by atoms with Crippen molar-refractivity contribution in [1.29, 1.82) is 0 Å². The SMILES string of the molecule is C=C(C)N/C(C)=C\C.CC.CC. The van der Waals surface area contributed by atoms with E-state index >= 15 is 0 Å². The Bertz CT molecular complexity index is 112. The van der Waals surface area contributed by atoms with Gasteiger partial charge in [-0.2, -0.15) is 0 Å². The van der Waals surface area contributed by atoms with E-state index in [0.29, 0.717) is 0 Å². The Morgan fingerprint density at radius 2 is 1.42 bits per heavy atom. The molecule has 1 heteroatoms. The third kappa shape index (κ3) is 22.8. The lowest BCUT2D eigenvalue weighted by molar-refractivity contribution is 0.970. The molecule has 0 fully saturated rings. The first-order valence-electron chi connectivity index (χ1n) is 4.72. The molecule has 0 spiro atoms. The molecule has 0 unspecified atom stereocenters. The molecule has 12 heavy (non-hydrogen) atoms.